The Balaban J connectivity index is 2.00. The number of amides is 1. The lowest BCUT2D eigenvalue weighted by Gasteiger charge is -2.02. The van der Waals surface area contributed by atoms with Crippen LogP contribution in [0.25, 0.3) is 0 Å². The number of ether oxygens (including phenoxy) is 1. The molecular formula is C13H13ClN4O3. The van der Waals surface area contributed by atoms with Crippen LogP contribution in [-0.4, -0.2) is 40.5 Å². The van der Waals surface area contributed by atoms with E-state index in [0.29, 0.717) is 11.6 Å². The van der Waals surface area contributed by atoms with Gasteiger partial charge in [-0.3, -0.25) is 9.59 Å². The first-order valence-electron chi connectivity index (χ1n) is 6.08. The Bertz CT molecular complexity index is 656. The number of carbonyl (C=O) groups is 2. The number of hydrogen-bond acceptors (Lipinski definition) is 5. The van der Waals surface area contributed by atoms with Crippen molar-refractivity contribution >= 4 is 23.5 Å². The minimum absolute atomic E-state index is 0.117. The molecule has 1 heterocycles. The first-order valence-corrected chi connectivity index (χ1v) is 6.46. The summed E-state index contributed by atoms with van der Waals surface area (Å²) in [4.78, 5) is 22.7. The molecule has 0 saturated heterocycles. The molecule has 1 N–H and O–H groups in total. The van der Waals surface area contributed by atoms with Crippen LogP contribution in [0.5, 0.6) is 0 Å². The van der Waals surface area contributed by atoms with Crippen molar-refractivity contribution < 1.29 is 14.3 Å². The molecule has 21 heavy (non-hydrogen) atoms. The van der Waals surface area contributed by atoms with Gasteiger partial charge < -0.3 is 10.1 Å². The van der Waals surface area contributed by atoms with Crippen molar-refractivity contribution in [3.63, 3.8) is 0 Å². The Kier molecular flexibility index (Phi) is 4.89. The van der Waals surface area contributed by atoms with E-state index in [1.807, 2.05) is 18.2 Å². The van der Waals surface area contributed by atoms with Crippen molar-refractivity contribution in [1.82, 2.24) is 20.3 Å². The lowest BCUT2D eigenvalue weighted by Crippen LogP contribution is -2.30. The van der Waals surface area contributed by atoms with E-state index in [9.17, 15) is 9.59 Å². The summed E-state index contributed by atoms with van der Waals surface area (Å²) in [6.07, 6.45) is 1.48. The largest absolute Gasteiger partial charge is 0.468 e. The molecule has 0 aliphatic rings. The SMILES string of the molecule is COC(=O)CNC(=O)c1cn(Cc2ccccc2Cl)nn1. The molecule has 8 heteroatoms. The second kappa shape index (κ2) is 6.85. The number of aromatic nitrogens is 3. The zero-order valence-corrected chi connectivity index (χ0v) is 12.0. The van der Waals surface area contributed by atoms with E-state index in [-0.39, 0.29) is 12.2 Å². The monoisotopic (exact) mass is 308 g/mol. The Morgan fingerprint density at radius 1 is 1.38 bits per heavy atom. The van der Waals surface area contributed by atoms with Crippen molar-refractivity contribution in [2.45, 2.75) is 6.54 Å². The van der Waals surface area contributed by atoms with Crippen molar-refractivity contribution in [2.24, 2.45) is 0 Å². The second-order valence-electron chi connectivity index (χ2n) is 4.15. The molecule has 0 fully saturated rings. The van der Waals surface area contributed by atoms with Gasteiger partial charge in [0.05, 0.1) is 19.9 Å². The van der Waals surface area contributed by atoms with Crippen LogP contribution in [0.4, 0.5) is 0 Å². The molecule has 2 aromatic rings. The summed E-state index contributed by atoms with van der Waals surface area (Å²) in [6.45, 7) is 0.184. The Morgan fingerprint density at radius 3 is 2.86 bits per heavy atom. The first kappa shape index (κ1) is 15.0. The Labute approximate surface area is 125 Å². The van der Waals surface area contributed by atoms with E-state index >= 15 is 0 Å². The van der Waals surface area contributed by atoms with Crippen molar-refractivity contribution in [1.29, 1.82) is 0 Å². The maximum atomic E-state index is 11.7. The summed E-state index contributed by atoms with van der Waals surface area (Å²) in [6, 6.07) is 7.33. The van der Waals surface area contributed by atoms with E-state index in [1.54, 1.807) is 6.07 Å². The minimum atomic E-state index is -0.535. The van der Waals surface area contributed by atoms with Crippen molar-refractivity contribution in [3.8, 4) is 0 Å². The van der Waals surface area contributed by atoms with Gasteiger partial charge in [-0.2, -0.15) is 0 Å². The third-order valence-electron chi connectivity index (χ3n) is 2.68. The molecule has 2 rings (SSSR count). The lowest BCUT2D eigenvalue weighted by atomic mass is 10.2. The zero-order valence-electron chi connectivity index (χ0n) is 11.2. The molecule has 1 amide bonds. The van der Waals surface area contributed by atoms with Gasteiger partial charge in [0, 0.05) is 5.02 Å². The smallest absolute Gasteiger partial charge is 0.325 e. The summed E-state index contributed by atoms with van der Waals surface area (Å²) in [5.74, 6) is -1.03. The molecule has 110 valence electrons. The standard InChI is InChI=1S/C13H13ClN4O3/c1-21-12(19)6-15-13(20)11-8-18(17-16-11)7-9-4-2-3-5-10(9)14/h2-5,8H,6-7H2,1H3,(H,15,20). The fourth-order valence-electron chi connectivity index (χ4n) is 1.60. The topological polar surface area (TPSA) is 86.1 Å². The highest BCUT2D eigenvalue weighted by atomic mass is 35.5. The Hall–Kier alpha value is -2.41. The summed E-state index contributed by atoms with van der Waals surface area (Å²) < 4.78 is 5.92. The number of benzene rings is 1. The first-order chi connectivity index (χ1) is 10.1. The zero-order chi connectivity index (χ0) is 15.2. The lowest BCUT2D eigenvalue weighted by molar-refractivity contribution is -0.139. The van der Waals surface area contributed by atoms with Gasteiger partial charge in [0.2, 0.25) is 0 Å². The van der Waals surface area contributed by atoms with Gasteiger partial charge in [-0.05, 0) is 11.6 Å². The van der Waals surface area contributed by atoms with Crippen LogP contribution in [0, 0.1) is 0 Å². The maximum Gasteiger partial charge on any atom is 0.325 e. The molecular weight excluding hydrogens is 296 g/mol. The van der Waals surface area contributed by atoms with Gasteiger partial charge in [0.1, 0.15) is 6.54 Å². The molecule has 0 unspecified atom stereocenters. The van der Waals surface area contributed by atoms with Crippen LogP contribution in [-0.2, 0) is 16.1 Å². The van der Waals surface area contributed by atoms with Crippen molar-refractivity contribution in [3.05, 3.63) is 46.7 Å². The molecule has 0 atom stereocenters. The number of methoxy groups -OCH3 is 1. The molecule has 0 aliphatic heterocycles. The average molecular weight is 309 g/mol. The molecule has 1 aromatic heterocycles. The van der Waals surface area contributed by atoms with Crippen LogP contribution in [0.3, 0.4) is 0 Å². The predicted octanol–water partition coefficient (Wildman–Crippen LogP) is 0.883. The van der Waals surface area contributed by atoms with E-state index in [4.69, 9.17) is 11.6 Å². The van der Waals surface area contributed by atoms with Gasteiger partial charge in [-0.25, -0.2) is 4.68 Å². The van der Waals surface area contributed by atoms with Gasteiger partial charge in [0.15, 0.2) is 5.69 Å². The van der Waals surface area contributed by atoms with Crippen molar-refractivity contribution in [2.75, 3.05) is 13.7 Å². The van der Waals surface area contributed by atoms with Gasteiger partial charge in [-0.15, -0.1) is 5.10 Å². The molecule has 0 bridgehead atoms. The summed E-state index contributed by atoms with van der Waals surface area (Å²) in [5.41, 5.74) is 0.983. The summed E-state index contributed by atoms with van der Waals surface area (Å²) in [7, 11) is 1.24. The summed E-state index contributed by atoms with van der Waals surface area (Å²) in [5, 5.41) is 10.6. The second-order valence-corrected chi connectivity index (χ2v) is 4.56. The number of halogens is 1. The number of rotatable bonds is 5. The average Bonchev–Trinajstić information content (AvgIpc) is 2.95. The van der Waals surface area contributed by atoms with Crippen LogP contribution < -0.4 is 5.32 Å². The third-order valence-corrected chi connectivity index (χ3v) is 3.05. The maximum absolute atomic E-state index is 11.7. The normalized spacial score (nSPS) is 10.2. The molecule has 0 radical (unpaired) electrons. The number of nitrogens with zero attached hydrogens (tertiary/aromatic N) is 3. The van der Waals surface area contributed by atoms with Gasteiger partial charge >= 0.3 is 5.97 Å². The highest BCUT2D eigenvalue weighted by Crippen LogP contribution is 2.15. The van der Waals surface area contributed by atoms with E-state index in [0.717, 1.165) is 5.56 Å². The van der Waals surface area contributed by atoms with Crippen LogP contribution >= 0.6 is 11.6 Å². The van der Waals surface area contributed by atoms with Gasteiger partial charge in [-0.1, -0.05) is 35.0 Å². The Morgan fingerprint density at radius 2 is 2.14 bits per heavy atom. The molecule has 0 saturated carbocycles. The highest BCUT2D eigenvalue weighted by molar-refractivity contribution is 6.31. The third kappa shape index (κ3) is 4.03. The van der Waals surface area contributed by atoms with Crippen LogP contribution in [0.15, 0.2) is 30.5 Å². The fraction of sp³-hybridized carbons (Fsp3) is 0.231. The number of esters is 1. The van der Waals surface area contributed by atoms with E-state index in [2.05, 4.69) is 20.4 Å². The molecule has 7 nitrogen and oxygen atoms in total. The summed E-state index contributed by atoms with van der Waals surface area (Å²) >= 11 is 6.05. The van der Waals surface area contributed by atoms with Gasteiger partial charge in [0.25, 0.3) is 5.91 Å². The number of hydrogen-bond donors (Lipinski definition) is 1. The fourth-order valence-corrected chi connectivity index (χ4v) is 1.79. The van der Waals surface area contributed by atoms with Crippen LogP contribution in [0.1, 0.15) is 16.1 Å². The highest BCUT2D eigenvalue weighted by Gasteiger charge is 2.12. The molecule has 0 aliphatic carbocycles. The van der Waals surface area contributed by atoms with E-state index < -0.39 is 11.9 Å². The number of carbonyl (C=O) groups excluding carboxylic acids is 2. The number of nitrogens with one attached hydrogen (secondary N) is 1. The predicted molar refractivity (Wildman–Crippen MR) is 74.9 cm³/mol. The minimum Gasteiger partial charge on any atom is -0.468 e. The molecule has 1 aromatic carbocycles. The quantitative estimate of drug-likeness (QED) is 0.829. The van der Waals surface area contributed by atoms with E-state index in [1.165, 1.54) is 18.0 Å². The van der Waals surface area contributed by atoms with Crippen LogP contribution in [0.2, 0.25) is 5.02 Å². The molecule has 0 spiro atoms.